The normalized spacial score (nSPS) is 13.9. The molecule has 1 fully saturated rings. The quantitative estimate of drug-likeness (QED) is 0.129. The number of carbonyl (C=O) groups excluding carboxylic acids is 2. The zero-order valence-corrected chi connectivity index (χ0v) is 28.0. The van der Waals surface area contributed by atoms with Gasteiger partial charge in [0, 0.05) is 35.6 Å². The number of anilines is 1. The number of carbonyl (C=O) groups is 2. The van der Waals surface area contributed by atoms with Gasteiger partial charge in [-0.25, -0.2) is 8.42 Å². The maximum absolute atomic E-state index is 14.6. The molecular formula is C35H35BrN4O6S. The second-order valence-corrected chi connectivity index (χ2v) is 14.2. The first kappa shape index (κ1) is 33.8. The van der Waals surface area contributed by atoms with Crippen molar-refractivity contribution in [3.8, 4) is 0 Å². The van der Waals surface area contributed by atoms with Crippen LogP contribution in [0.4, 0.5) is 11.4 Å². The van der Waals surface area contributed by atoms with E-state index in [1.54, 1.807) is 18.2 Å². The van der Waals surface area contributed by atoms with E-state index in [0.29, 0.717) is 0 Å². The summed E-state index contributed by atoms with van der Waals surface area (Å²) >= 11 is 3.48. The molecule has 0 aliphatic heterocycles. The lowest BCUT2D eigenvalue weighted by atomic mass is 10.0. The lowest BCUT2D eigenvalue weighted by Crippen LogP contribution is -2.54. The number of halogens is 1. The highest BCUT2D eigenvalue weighted by Crippen LogP contribution is 2.28. The van der Waals surface area contributed by atoms with Crippen molar-refractivity contribution >= 4 is 49.1 Å². The molecule has 12 heteroatoms. The zero-order chi connectivity index (χ0) is 33.4. The van der Waals surface area contributed by atoms with Crippen LogP contribution in [0.2, 0.25) is 0 Å². The maximum atomic E-state index is 14.6. The molecule has 47 heavy (non-hydrogen) atoms. The monoisotopic (exact) mass is 718 g/mol. The van der Waals surface area contributed by atoms with Gasteiger partial charge in [0.05, 0.1) is 15.5 Å². The lowest BCUT2D eigenvalue weighted by Gasteiger charge is -2.34. The second kappa shape index (κ2) is 15.4. The topological polar surface area (TPSA) is 130 Å². The van der Waals surface area contributed by atoms with Crippen molar-refractivity contribution in [2.45, 2.75) is 55.6 Å². The first-order chi connectivity index (χ1) is 22.6. The van der Waals surface area contributed by atoms with Gasteiger partial charge in [-0.15, -0.1) is 0 Å². The third-order valence-corrected chi connectivity index (χ3v) is 10.4. The molecular weight excluding hydrogens is 684 g/mol. The van der Waals surface area contributed by atoms with E-state index in [4.69, 9.17) is 0 Å². The number of non-ortho nitro benzene ring substituents is 1. The van der Waals surface area contributed by atoms with Gasteiger partial charge >= 0.3 is 0 Å². The Balaban J connectivity index is 1.58. The molecule has 10 nitrogen and oxygen atoms in total. The van der Waals surface area contributed by atoms with Gasteiger partial charge in [0.1, 0.15) is 12.6 Å². The van der Waals surface area contributed by atoms with Crippen LogP contribution >= 0.6 is 15.9 Å². The Labute approximate surface area is 282 Å². The van der Waals surface area contributed by atoms with E-state index in [1.165, 1.54) is 35.2 Å². The average molecular weight is 720 g/mol. The fourth-order valence-electron chi connectivity index (χ4n) is 5.76. The van der Waals surface area contributed by atoms with Crippen LogP contribution in [-0.4, -0.2) is 48.7 Å². The highest BCUT2D eigenvalue weighted by molar-refractivity contribution is 9.10. The Kier molecular flexibility index (Phi) is 11.0. The van der Waals surface area contributed by atoms with Crippen LogP contribution in [0.1, 0.15) is 36.8 Å². The lowest BCUT2D eigenvalue weighted by molar-refractivity contribution is -0.384. The van der Waals surface area contributed by atoms with Crippen LogP contribution in [0.3, 0.4) is 0 Å². The number of nitrogens with one attached hydrogen (secondary N) is 1. The van der Waals surface area contributed by atoms with Gasteiger partial charge in [-0.2, -0.15) is 0 Å². The van der Waals surface area contributed by atoms with Gasteiger partial charge in [0.2, 0.25) is 11.8 Å². The Hall–Kier alpha value is -4.55. The minimum Gasteiger partial charge on any atom is -0.352 e. The molecule has 1 atom stereocenters. The summed E-state index contributed by atoms with van der Waals surface area (Å²) < 4.78 is 29.9. The molecule has 0 heterocycles. The van der Waals surface area contributed by atoms with Crippen molar-refractivity contribution in [1.29, 1.82) is 0 Å². The smallest absolute Gasteiger partial charge is 0.271 e. The molecule has 0 saturated heterocycles. The van der Waals surface area contributed by atoms with E-state index in [0.717, 1.165) is 51.7 Å². The zero-order valence-electron chi connectivity index (χ0n) is 25.6. The van der Waals surface area contributed by atoms with Gasteiger partial charge in [-0.1, -0.05) is 95.5 Å². The number of nitro benzene ring substituents is 1. The molecule has 1 unspecified atom stereocenters. The number of amides is 2. The van der Waals surface area contributed by atoms with Crippen molar-refractivity contribution in [3.63, 3.8) is 0 Å². The Bertz CT molecular complexity index is 1820. The number of hydrogen-bond donors (Lipinski definition) is 1. The van der Waals surface area contributed by atoms with Crippen LogP contribution in [0, 0.1) is 10.1 Å². The van der Waals surface area contributed by atoms with Crippen molar-refractivity contribution in [3.05, 3.63) is 135 Å². The molecule has 4 aromatic rings. The Morgan fingerprint density at radius 3 is 2.17 bits per heavy atom. The number of nitro groups is 1. The number of nitrogens with zero attached hydrogens (tertiary/aromatic N) is 3. The number of rotatable bonds is 13. The summed E-state index contributed by atoms with van der Waals surface area (Å²) in [6, 6.07) is 28.4. The molecule has 2 amide bonds. The molecule has 1 N–H and O–H groups in total. The molecule has 1 aliphatic rings. The maximum Gasteiger partial charge on any atom is 0.271 e. The van der Waals surface area contributed by atoms with Crippen LogP contribution in [0.5, 0.6) is 0 Å². The van der Waals surface area contributed by atoms with Crippen LogP contribution < -0.4 is 9.62 Å². The number of hydrogen-bond acceptors (Lipinski definition) is 6. The highest BCUT2D eigenvalue weighted by atomic mass is 79.9. The summed E-state index contributed by atoms with van der Waals surface area (Å²) in [4.78, 5) is 41.0. The number of benzene rings is 4. The molecule has 5 rings (SSSR count). The largest absolute Gasteiger partial charge is 0.352 e. The average Bonchev–Trinajstić information content (AvgIpc) is 3.59. The fourth-order valence-corrected chi connectivity index (χ4v) is 7.64. The van der Waals surface area contributed by atoms with E-state index in [9.17, 15) is 28.1 Å². The van der Waals surface area contributed by atoms with Crippen molar-refractivity contribution in [2.24, 2.45) is 0 Å². The van der Waals surface area contributed by atoms with E-state index in [2.05, 4.69) is 21.2 Å². The van der Waals surface area contributed by atoms with E-state index >= 15 is 0 Å². The predicted octanol–water partition coefficient (Wildman–Crippen LogP) is 6.25. The van der Waals surface area contributed by atoms with E-state index in [1.807, 2.05) is 54.6 Å². The van der Waals surface area contributed by atoms with Gasteiger partial charge in [-0.3, -0.25) is 24.0 Å². The predicted molar refractivity (Wildman–Crippen MR) is 183 cm³/mol. The van der Waals surface area contributed by atoms with Crippen molar-refractivity contribution in [2.75, 3.05) is 10.8 Å². The van der Waals surface area contributed by atoms with Gasteiger partial charge < -0.3 is 10.2 Å². The third kappa shape index (κ3) is 8.63. The summed E-state index contributed by atoms with van der Waals surface area (Å²) in [5.41, 5.74) is 1.19. The molecule has 1 aliphatic carbocycles. The summed E-state index contributed by atoms with van der Waals surface area (Å²) in [6.45, 7) is -0.684. The second-order valence-electron chi connectivity index (χ2n) is 11.4. The van der Waals surface area contributed by atoms with Crippen LogP contribution in [0.25, 0.3) is 0 Å². The highest BCUT2D eigenvalue weighted by Gasteiger charge is 2.36. The molecule has 4 aromatic carbocycles. The summed E-state index contributed by atoms with van der Waals surface area (Å²) in [5.74, 6) is -0.963. The van der Waals surface area contributed by atoms with E-state index in [-0.39, 0.29) is 41.2 Å². The van der Waals surface area contributed by atoms with E-state index < -0.39 is 33.4 Å². The van der Waals surface area contributed by atoms with Crippen LogP contribution in [-0.2, 0) is 32.6 Å². The van der Waals surface area contributed by atoms with Gasteiger partial charge in [-0.05, 0) is 54.3 Å². The molecule has 0 bridgehead atoms. The standard InChI is InChI=1S/C35H35BrN4O6S/c36-28-14-9-13-27(21-28)24-38(33(22-26-11-3-1-4-12-26)35(42)37-29-15-7-8-16-29)34(41)25-39(30-17-10-18-31(23-30)40(43)44)47(45,46)32-19-5-2-6-20-32/h1-6,9-14,17-21,23,29,33H,7-8,15-16,22,24-25H2,(H,37,42). The third-order valence-electron chi connectivity index (χ3n) is 8.15. The minimum atomic E-state index is -4.37. The van der Waals surface area contributed by atoms with Crippen molar-refractivity contribution in [1.82, 2.24) is 10.2 Å². The molecule has 1 saturated carbocycles. The summed E-state index contributed by atoms with van der Waals surface area (Å²) in [7, 11) is -4.37. The number of sulfonamides is 1. The first-order valence-corrected chi connectivity index (χ1v) is 17.6. The van der Waals surface area contributed by atoms with Gasteiger partial charge in [0.25, 0.3) is 15.7 Å². The first-order valence-electron chi connectivity index (χ1n) is 15.3. The van der Waals surface area contributed by atoms with Gasteiger partial charge in [0.15, 0.2) is 0 Å². The summed E-state index contributed by atoms with van der Waals surface area (Å²) in [6.07, 6.45) is 3.90. The Morgan fingerprint density at radius 1 is 0.872 bits per heavy atom. The molecule has 244 valence electrons. The summed E-state index contributed by atoms with van der Waals surface area (Å²) in [5, 5.41) is 14.8. The SMILES string of the molecule is O=C(NC1CCCC1)C(Cc1ccccc1)N(Cc1cccc(Br)c1)C(=O)CN(c1cccc([N+](=O)[O-])c1)S(=O)(=O)c1ccccc1. The van der Waals surface area contributed by atoms with Crippen LogP contribution in [0.15, 0.2) is 119 Å². The molecule has 0 spiro atoms. The minimum absolute atomic E-state index is 0.0107. The molecule has 0 aromatic heterocycles. The molecule has 0 radical (unpaired) electrons. The Morgan fingerprint density at radius 2 is 1.51 bits per heavy atom. The van der Waals surface area contributed by atoms with Crippen molar-refractivity contribution < 1.29 is 22.9 Å². The fraction of sp³-hybridized carbons (Fsp3) is 0.257.